The number of hydrogen-bond donors (Lipinski definition) is 1. The summed E-state index contributed by atoms with van der Waals surface area (Å²) in [7, 11) is 0. The Bertz CT molecular complexity index is 754. The lowest BCUT2D eigenvalue weighted by Crippen LogP contribution is -2.64. The van der Waals surface area contributed by atoms with Crippen LogP contribution in [0.3, 0.4) is 0 Å². The Labute approximate surface area is 179 Å². The summed E-state index contributed by atoms with van der Waals surface area (Å²) in [5.74, 6) is -0.0251. The van der Waals surface area contributed by atoms with Gasteiger partial charge in [-0.1, -0.05) is 43.9 Å². The Morgan fingerprint density at radius 1 is 1.10 bits per heavy atom. The van der Waals surface area contributed by atoms with E-state index in [1.807, 2.05) is 36.1 Å². The van der Waals surface area contributed by atoms with Crippen LogP contribution in [0.1, 0.15) is 61.4 Å². The molecule has 1 N–H and O–H groups in total. The standard InChI is InChI=1S/C24H35N3O3/c1-24(23(29)25-20-9-4-2-3-5-10-20)18-19-8-6-7-11-21(19)22(28)27(24)13-12-26-14-16-30-17-15-26/h6-8,11,20H,2-5,9-10,12-18H2,1H3,(H,25,29)/t24-/m0/s1. The number of nitrogens with zero attached hydrogens (tertiary/aromatic N) is 2. The van der Waals surface area contributed by atoms with E-state index in [1.54, 1.807) is 0 Å². The van der Waals surface area contributed by atoms with Gasteiger partial charge in [0.15, 0.2) is 0 Å². The van der Waals surface area contributed by atoms with Gasteiger partial charge in [0.25, 0.3) is 5.91 Å². The number of rotatable bonds is 5. The number of amides is 2. The van der Waals surface area contributed by atoms with Crippen LogP contribution in [0, 0.1) is 0 Å². The third-order valence-corrected chi connectivity index (χ3v) is 7.05. The Morgan fingerprint density at radius 3 is 2.53 bits per heavy atom. The molecule has 2 amide bonds. The van der Waals surface area contributed by atoms with Crippen LogP contribution in [-0.2, 0) is 16.0 Å². The largest absolute Gasteiger partial charge is 0.379 e. The lowest BCUT2D eigenvalue weighted by Gasteiger charge is -2.45. The van der Waals surface area contributed by atoms with Gasteiger partial charge in [-0.3, -0.25) is 14.5 Å². The third kappa shape index (κ3) is 4.54. The maximum Gasteiger partial charge on any atom is 0.255 e. The summed E-state index contributed by atoms with van der Waals surface area (Å²) in [4.78, 5) is 31.2. The van der Waals surface area contributed by atoms with Crippen molar-refractivity contribution in [3.8, 4) is 0 Å². The minimum atomic E-state index is -0.857. The summed E-state index contributed by atoms with van der Waals surface area (Å²) < 4.78 is 5.45. The van der Waals surface area contributed by atoms with E-state index in [0.717, 1.165) is 56.8 Å². The van der Waals surface area contributed by atoms with Crippen LogP contribution in [0.2, 0.25) is 0 Å². The monoisotopic (exact) mass is 413 g/mol. The highest BCUT2D eigenvalue weighted by atomic mass is 16.5. The second kappa shape index (κ2) is 9.48. The molecule has 2 fully saturated rings. The van der Waals surface area contributed by atoms with Crippen molar-refractivity contribution in [1.29, 1.82) is 0 Å². The van der Waals surface area contributed by atoms with Gasteiger partial charge in [-0.05, 0) is 31.4 Å². The molecule has 2 aliphatic heterocycles. The molecule has 6 nitrogen and oxygen atoms in total. The fourth-order valence-corrected chi connectivity index (χ4v) is 5.10. The van der Waals surface area contributed by atoms with E-state index in [1.165, 1.54) is 25.7 Å². The van der Waals surface area contributed by atoms with Crippen molar-refractivity contribution < 1.29 is 14.3 Å². The van der Waals surface area contributed by atoms with Crippen molar-refractivity contribution in [1.82, 2.24) is 15.1 Å². The van der Waals surface area contributed by atoms with E-state index >= 15 is 0 Å². The zero-order valence-electron chi connectivity index (χ0n) is 18.2. The Kier molecular flexibility index (Phi) is 6.74. The minimum Gasteiger partial charge on any atom is -0.379 e. The van der Waals surface area contributed by atoms with Gasteiger partial charge in [0.2, 0.25) is 5.91 Å². The molecule has 164 valence electrons. The van der Waals surface area contributed by atoms with Crippen LogP contribution in [0.4, 0.5) is 0 Å². The first-order valence-electron chi connectivity index (χ1n) is 11.6. The molecule has 30 heavy (non-hydrogen) atoms. The molecule has 0 bridgehead atoms. The van der Waals surface area contributed by atoms with Crippen LogP contribution in [0.15, 0.2) is 24.3 Å². The highest BCUT2D eigenvalue weighted by molar-refractivity contribution is 6.02. The highest BCUT2D eigenvalue weighted by Crippen LogP contribution is 2.32. The van der Waals surface area contributed by atoms with Gasteiger partial charge in [0.1, 0.15) is 5.54 Å². The predicted octanol–water partition coefficient (Wildman–Crippen LogP) is 2.61. The van der Waals surface area contributed by atoms with Gasteiger partial charge in [-0.15, -0.1) is 0 Å². The normalized spacial score (nSPS) is 26.2. The van der Waals surface area contributed by atoms with E-state index in [4.69, 9.17) is 4.74 Å². The summed E-state index contributed by atoms with van der Waals surface area (Å²) >= 11 is 0. The van der Waals surface area contributed by atoms with Crippen molar-refractivity contribution in [2.24, 2.45) is 0 Å². The zero-order chi connectivity index (χ0) is 21.0. The second-order valence-electron chi connectivity index (χ2n) is 9.18. The number of hydrogen-bond acceptors (Lipinski definition) is 4. The van der Waals surface area contributed by atoms with Gasteiger partial charge >= 0.3 is 0 Å². The Morgan fingerprint density at radius 2 is 1.80 bits per heavy atom. The van der Waals surface area contributed by atoms with Crippen molar-refractivity contribution in [3.05, 3.63) is 35.4 Å². The third-order valence-electron chi connectivity index (χ3n) is 7.05. The fourth-order valence-electron chi connectivity index (χ4n) is 5.10. The first-order valence-corrected chi connectivity index (χ1v) is 11.6. The first-order chi connectivity index (χ1) is 14.6. The molecule has 0 aromatic heterocycles. The summed E-state index contributed by atoms with van der Waals surface area (Å²) in [6.45, 7) is 6.50. The van der Waals surface area contributed by atoms with Crippen LogP contribution >= 0.6 is 0 Å². The SMILES string of the molecule is C[C@@]1(C(=O)NC2CCCCCC2)Cc2ccccc2C(=O)N1CCN1CCOCC1. The Hall–Kier alpha value is -1.92. The van der Waals surface area contributed by atoms with E-state index in [2.05, 4.69) is 10.2 Å². The molecule has 1 atom stereocenters. The van der Waals surface area contributed by atoms with Crippen molar-refractivity contribution >= 4 is 11.8 Å². The molecule has 1 saturated carbocycles. The maximum absolute atomic E-state index is 13.6. The molecular formula is C24H35N3O3. The molecule has 1 aliphatic carbocycles. The highest BCUT2D eigenvalue weighted by Gasteiger charge is 2.47. The molecule has 6 heteroatoms. The van der Waals surface area contributed by atoms with Gasteiger partial charge in [0, 0.05) is 44.2 Å². The average Bonchev–Trinajstić information content (AvgIpc) is 3.03. The second-order valence-corrected chi connectivity index (χ2v) is 9.18. The van der Waals surface area contributed by atoms with Crippen molar-refractivity contribution in [2.45, 2.75) is 63.5 Å². The maximum atomic E-state index is 13.6. The van der Waals surface area contributed by atoms with Crippen molar-refractivity contribution in [3.63, 3.8) is 0 Å². The fraction of sp³-hybridized carbons (Fsp3) is 0.667. The molecule has 1 aromatic carbocycles. The smallest absolute Gasteiger partial charge is 0.255 e. The molecule has 4 rings (SSSR count). The zero-order valence-corrected chi connectivity index (χ0v) is 18.2. The number of fused-ring (bicyclic) bond motifs is 1. The molecule has 0 unspecified atom stereocenters. The van der Waals surface area contributed by atoms with Crippen LogP contribution < -0.4 is 5.32 Å². The van der Waals surface area contributed by atoms with Gasteiger partial charge in [-0.25, -0.2) is 0 Å². The quantitative estimate of drug-likeness (QED) is 0.754. The molecule has 0 spiro atoms. The van der Waals surface area contributed by atoms with E-state index in [9.17, 15) is 9.59 Å². The Balaban J connectivity index is 1.54. The summed E-state index contributed by atoms with van der Waals surface area (Å²) in [5, 5.41) is 3.32. The summed E-state index contributed by atoms with van der Waals surface area (Å²) in [5.41, 5.74) is 0.854. The van der Waals surface area contributed by atoms with E-state index < -0.39 is 5.54 Å². The molecular weight excluding hydrogens is 378 g/mol. The van der Waals surface area contributed by atoms with Gasteiger partial charge in [0.05, 0.1) is 13.2 Å². The van der Waals surface area contributed by atoms with Crippen LogP contribution in [0.5, 0.6) is 0 Å². The predicted molar refractivity (Wildman–Crippen MR) is 116 cm³/mol. The first kappa shape index (κ1) is 21.3. The average molecular weight is 414 g/mol. The molecule has 2 heterocycles. The number of benzene rings is 1. The van der Waals surface area contributed by atoms with Crippen LogP contribution in [0.25, 0.3) is 0 Å². The number of ether oxygens (including phenoxy) is 1. The lowest BCUT2D eigenvalue weighted by molar-refractivity contribution is -0.132. The number of morpholine rings is 1. The van der Waals surface area contributed by atoms with E-state index in [0.29, 0.717) is 13.0 Å². The lowest BCUT2D eigenvalue weighted by atomic mass is 9.82. The number of carbonyl (C=O) groups excluding carboxylic acids is 2. The molecule has 1 saturated heterocycles. The molecule has 3 aliphatic rings. The molecule has 0 radical (unpaired) electrons. The number of nitrogens with one attached hydrogen (secondary N) is 1. The van der Waals surface area contributed by atoms with E-state index in [-0.39, 0.29) is 17.9 Å². The summed E-state index contributed by atoms with van der Waals surface area (Å²) in [6.07, 6.45) is 7.49. The van der Waals surface area contributed by atoms with Crippen molar-refractivity contribution in [2.75, 3.05) is 39.4 Å². The number of carbonyl (C=O) groups is 2. The summed E-state index contributed by atoms with van der Waals surface area (Å²) in [6, 6.07) is 7.97. The molecule has 1 aromatic rings. The minimum absolute atomic E-state index is 0.000712. The van der Waals surface area contributed by atoms with Crippen LogP contribution in [-0.4, -0.2) is 72.6 Å². The van der Waals surface area contributed by atoms with Gasteiger partial charge < -0.3 is 15.0 Å². The topological polar surface area (TPSA) is 61.9 Å². The van der Waals surface area contributed by atoms with Gasteiger partial charge in [-0.2, -0.15) is 0 Å².